The Kier molecular flexibility index (Phi) is 4.89. The maximum atomic E-state index is 11.8. The van der Waals surface area contributed by atoms with Crippen LogP contribution in [0.15, 0.2) is 0 Å². The van der Waals surface area contributed by atoms with Crippen LogP contribution in [0.25, 0.3) is 0 Å². The van der Waals surface area contributed by atoms with E-state index in [1.54, 1.807) is 0 Å². The standard InChI is InChI=1S/C10H17F3N2O/c11-10(12,13)6-7-14-9(16)15-8-4-2-1-3-5-8/h8H,1-7H2,(H2,14,15,16). The minimum Gasteiger partial charge on any atom is -0.338 e. The Morgan fingerprint density at radius 2 is 1.81 bits per heavy atom. The third-order valence-corrected chi connectivity index (χ3v) is 2.63. The predicted molar refractivity (Wildman–Crippen MR) is 54.1 cm³/mol. The van der Waals surface area contributed by atoms with Crippen LogP contribution < -0.4 is 10.6 Å². The predicted octanol–water partition coefficient (Wildman–Crippen LogP) is 2.57. The Labute approximate surface area is 92.8 Å². The van der Waals surface area contributed by atoms with E-state index in [0.717, 1.165) is 25.7 Å². The highest BCUT2D eigenvalue weighted by Gasteiger charge is 2.26. The largest absolute Gasteiger partial charge is 0.390 e. The van der Waals surface area contributed by atoms with Crippen molar-refractivity contribution in [2.75, 3.05) is 6.54 Å². The Balaban J connectivity index is 2.10. The van der Waals surface area contributed by atoms with Crippen molar-refractivity contribution in [3.63, 3.8) is 0 Å². The summed E-state index contributed by atoms with van der Waals surface area (Å²) in [4.78, 5) is 11.2. The fourth-order valence-corrected chi connectivity index (χ4v) is 1.80. The van der Waals surface area contributed by atoms with Gasteiger partial charge in [-0.15, -0.1) is 0 Å². The number of halogens is 3. The lowest BCUT2D eigenvalue weighted by Gasteiger charge is -2.22. The molecule has 0 spiro atoms. The first-order chi connectivity index (χ1) is 7.47. The average Bonchev–Trinajstić information content (AvgIpc) is 2.17. The Hall–Kier alpha value is -0.940. The smallest absolute Gasteiger partial charge is 0.338 e. The first-order valence-corrected chi connectivity index (χ1v) is 5.58. The minimum atomic E-state index is -4.21. The molecular weight excluding hydrogens is 221 g/mol. The molecule has 2 amide bonds. The number of urea groups is 1. The fraction of sp³-hybridized carbons (Fsp3) is 0.900. The summed E-state index contributed by atoms with van der Waals surface area (Å²) < 4.78 is 35.4. The third kappa shape index (κ3) is 5.82. The highest BCUT2D eigenvalue weighted by Crippen LogP contribution is 2.18. The van der Waals surface area contributed by atoms with Crippen molar-refractivity contribution in [2.45, 2.75) is 50.7 Å². The first-order valence-electron chi connectivity index (χ1n) is 5.58. The topological polar surface area (TPSA) is 41.1 Å². The summed E-state index contributed by atoms with van der Waals surface area (Å²) in [5.74, 6) is 0. The van der Waals surface area contributed by atoms with Crippen LogP contribution in [0.2, 0.25) is 0 Å². The summed E-state index contributed by atoms with van der Waals surface area (Å²) >= 11 is 0. The molecule has 0 heterocycles. The number of hydrogen-bond acceptors (Lipinski definition) is 1. The monoisotopic (exact) mass is 238 g/mol. The fourth-order valence-electron chi connectivity index (χ4n) is 1.80. The quantitative estimate of drug-likeness (QED) is 0.779. The van der Waals surface area contributed by atoms with Gasteiger partial charge in [0.25, 0.3) is 0 Å². The van der Waals surface area contributed by atoms with E-state index in [4.69, 9.17) is 0 Å². The lowest BCUT2D eigenvalue weighted by molar-refractivity contribution is -0.132. The molecule has 0 aromatic carbocycles. The first kappa shape index (κ1) is 13.1. The molecule has 1 saturated carbocycles. The summed E-state index contributed by atoms with van der Waals surface area (Å²) in [6, 6.07) is -0.365. The van der Waals surface area contributed by atoms with Crippen molar-refractivity contribution in [2.24, 2.45) is 0 Å². The van der Waals surface area contributed by atoms with Gasteiger partial charge >= 0.3 is 12.2 Å². The molecule has 94 valence electrons. The summed E-state index contributed by atoms with van der Waals surface area (Å²) in [6.45, 7) is -0.359. The Morgan fingerprint density at radius 1 is 1.19 bits per heavy atom. The van der Waals surface area contributed by atoms with Crippen molar-refractivity contribution in [1.82, 2.24) is 10.6 Å². The van der Waals surface area contributed by atoms with Crippen molar-refractivity contribution in [3.8, 4) is 0 Å². The lowest BCUT2D eigenvalue weighted by Crippen LogP contribution is -2.43. The van der Waals surface area contributed by atoms with Gasteiger partial charge in [-0.3, -0.25) is 0 Å². The van der Waals surface area contributed by atoms with Crippen molar-refractivity contribution < 1.29 is 18.0 Å². The SMILES string of the molecule is O=C(NCCC(F)(F)F)NC1CCCCC1. The second-order valence-electron chi connectivity index (χ2n) is 4.10. The summed E-state index contributed by atoms with van der Waals surface area (Å²) in [7, 11) is 0. The van der Waals surface area contributed by atoms with Gasteiger partial charge < -0.3 is 10.6 Å². The van der Waals surface area contributed by atoms with E-state index in [-0.39, 0.29) is 12.6 Å². The van der Waals surface area contributed by atoms with Crippen LogP contribution in [0.1, 0.15) is 38.5 Å². The van der Waals surface area contributed by atoms with Gasteiger partial charge in [-0.1, -0.05) is 19.3 Å². The molecule has 0 radical (unpaired) electrons. The Bertz CT molecular complexity index is 225. The van der Waals surface area contributed by atoms with Gasteiger partial charge in [-0.2, -0.15) is 13.2 Å². The van der Waals surface area contributed by atoms with Crippen LogP contribution in [0.4, 0.5) is 18.0 Å². The van der Waals surface area contributed by atoms with E-state index < -0.39 is 18.6 Å². The number of carbonyl (C=O) groups excluding carboxylic acids is 1. The van der Waals surface area contributed by atoms with E-state index in [2.05, 4.69) is 10.6 Å². The van der Waals surface area contributed by atoms with Gasteiger partial charge in [0.15, 0.2) is 0 Å². The van der Waals surface area contributed by atoms with Crippen molar-refractivity contribution >= 4 is 6.03 Å². The maximum Gasteiger partial charge on any atom is 0.390 e. The number of amides is 2. The molecule has 0 aliphatic heterocycles. The molecule has 0 bridgehead atoms. The van der Waals surface area contributed by atoms with Gasteiger partial charge in [0.2, 0.25) is 0 Å². The maximum absolute atomic E-state index is 11.8. The highest BCUT2D eigenvalue weighted by molar-refractivity contribution is 5.74. The molecule has 2 N–H and O–H groups in total. The zero-order chi connectivity index (χ0) is 12.0. The molecule has 0 atom stereocenters. The number of hydrogen-bond donors (Lipinski definition) is 2. The van der Waals surface area contributed by atoms with Crippen molar-refractivity contribution in [1.29, 1.82) is 0 Å². The molecule has 1 aliphatic rings. The third-order valence-electron chi connectivity index (χ3n) is 2.63. The molecule has 16 heavy (non-hydrogen) atoms. The number of rotatable bonds is 3. The molecule has 3 nitrogen and oxygen atoms in total. The van der Waals surface area contributed by atoms with Crippen LogP contribution in [-0.2, 0) is 0 Å². The van der Waals surface area contributed by atoms with Crippen LogP contribution in [-0.4, -0.2) is 24.8 Å². The van der Waals surface area contributed by atoms with E-state index in [1.807, 2.05) is 0 Å². The van der Waals surface area contributed by atoms with E-state index in [9.17, 15) is 18.0 Å². The molecule has 0 aromatic heterocycles. The van der Waals surface area contributed by atoms with Crippen LogP contribution >= 0.6 is 0 Å². The van der Waals surface area contributed by atoms with Crippen molar-refractivity contribution in [3.05, 3.63) is 0 Å². The van der Waals surface area contributed by atoms with Crippen LogP contribution in [0.3, 0.4) is 0 Å². The number of alkyl halides is 3. The summed E-state index contributed by atoms with van der Waals surface area (Å²) in [6.07, 6.45) is -0.0164. The summed E-state index contributed by atoms with van der Waals surface area (Å²) in [5.41, 5.74) is 0. The average molecular weight is 238 g/mol. The minimum absolute atomic E-state index is 0.125. The Morgan fingerprint density at radius 3 is 2.38 bits per heavy atom. The molecule has 0 aromatic rings. The number of nitrogens with one attached hydrogen (secondary N) is 2. The van der Waals surface area contributed by atoms with Gasteiger partial charge in [-0.25, -0.2) is 4.79 Å². The van der Waals surface area contributed by atoms with E-state index >= 15 is 0 Å². The highest BCUT2D eigenvalue weighted by atomic mass is 19.4. The zero-order valence-electron chi connectivity index (χ0n) is 9.07. The van der Waals surface area contributed by atoms with Crippen LogP contribution in [0, 0.1) is 0 Å². The van der Waals surface area contributed by atoms with Gasteiger partial charge in [0, 0.05) is 12.6 Å². The summed E-state index contributed by atoms with van der Waals surface area (Å²) in [5, 5.41) is 4.90. The van der Waals surface area contributed by atoms with Gasteiger partial charge in [-0.05, 0) is 12.8 Å². The van der Waals surface area contributed by atoms with Crippen LogP contribution in [0.5, 0.6) is 0 Å². The lowest BCUT2D eigenvalue weighted by atomic mass is 9.96. The second-order valence-corrected chi connectivity index (χ2v) is 4.10. The molecule has 6 heteroatoms. The molecule has 0 unspecified atom stereocenters. The van der Waals surface area contributed by atoms with Gasteiger partial charge in [0.1, 0.15) is 0 Å². The molecule has 1 aliphatic carbocycles. The molecule has 1 fully saturated rings. The normalized spacial score (nSPS) is 18.2. The molecular formula is C10H17F3N2O. The van der Waals surface area contributed by atoms with Gasteiger partial charge in [0.05, 0.1) is 6.42 Å². The van der Waals surface area contributed by atoms with E-state index in [1.165, 1.54) is 6.42 Å². The second kappa shape index (κ2) is 5.96. The number of carbonyl (C=O) groups is 1. The zero-order valence-corrected chi connectivity index (χ0v) is 9.07. The molecule has 0 saturated heterocycles. The molecule has 1 rings (SSSR count). The van der Waals surface area contributed by atoms with E-state index in [0.29, 0.717) is 0 Å².